The maximum absolute atomic E-state index is 11.7. The van der Waals surface area contributed by atoms with Crippen molar-refractivity contribution in [2.24, 2.45) is 5.92 Å². The number of amides is 1. The fraction of sp³-hybridized carbons (Fsp3) is 0.929. The van der Waals surface area contributed by atoms with E-state index >= 15 is 0 Å². The SMILES string of the molecule is CC(O)CCC(=O)N[C@@H](C)C1CCCCCC1. The van der Waals surface area contributed by atoms with Crippen LogP contribution in [0.25, 0.3) is 0 Å². The van der Waals surface area contributed by atoms with Crippen LogP contribution in [0.1, 0.15) is 65.2 Å². The van der Waals surface area contributed by atoms with E-state index < -0.39 is 0 Å². The van der Waals surface area contributed by atoms with Crippen LogP contribution in [0.15, 0.2) is 0 Å². The minimum atomic E-state index is -0.381. The topological polar surface area (TPSA) is 49.3 Å². The lowest BCUT2D eigenvalue weighted by molar-refractivity contribution is -0.122. The van der Waals surface area contributed by atoms with Crippen LogP contribution in [0.4, 0.5) is 0 Å². The molecule has 0 heterocycles. The summed E-state index contributed by atoms with van der Waals surface area (Å²) in [4.78, 5) is 11.7. The third-order valence-corrected chi connectivity index (χ3v) is 3.78. The molecule has 0 radical (unpaired) electrons. The lowest BCUT2D eigenvalue weighted by Gasteiger charge is -2.23. The van der Waals surface area contributed by atoms with Gasteiger partial charge in [0.2, 0.25) is 5.91 Å². The Morgan fingerprint density at radius 1 is 1.24 bits per heavy atom. The molecule has 0 aromatic carbocycles. The molecule has 1 aliphatic carbocycles. The first-order valence-corrected chi connectivity index (χ1v) is 7.07. The second-order valence-electron chi connectivity index (χ2n) is 5.50. The van der Waals surface area contributed by atoms with Gasteiger partial charge in [0, 0.05) is 12.5 Å². The number of hydrogen-bond donors (Lipinski definition) is 2. The van der Waals surface area contributed by atoms with Crippen molar-refractivity contribution >= 4 is 5.91 Å². The molecular weight excluding hydrogens is 214 g/mol. The predicted octanol–water partition coefficient (Wildman–Crippen LogP) is 2.62. The van der Waals surface area contributed by atoms with Crippen molar-refractivity contribution < 1.29 is 9.90 Å². The molecule has 1 saturated carbocycles. The highest BCUT2D eigenvalue weighted by Gasteiger charge is 2.20. The monoisotopic (exact) mass is 241 g/mol. The molecule has 3 heteroatoms. The average Bonchev–Trinajstić information content (AvgIpc) is 2.54. The van der Waals surface area contributed by atoms with Gasteiger partial charge in [-0.3, -0.25) is 4.79 Å². The Morgan fingerprint density at radius 2 is 1.82 bits per heavy atom. The summed E-state index contributed by atoms with van der Waals surface area (Å²) in [5, 5.41) is 12.2. The predicted molar refractivity (Wildman–Crippen MR) is 69.7 cm³/mol. The lowest BCUT2D eigenvalue weighted by Crippen LogP contribution is -2.38. The van der Waals surface area contributed by atoms with E-state index in [0.717, 1.165) is 0 Å². The number of hydrogen-bond acceptors (Lipinski definition) is 2. The molecular formula is C14H27NO2. The molecule has 0 aromatic heterocycles. The second kappa shape index (κ2) is 7.70. The van der Waals surface area contributed by atoms with Gasteiger partial charge in [-0.15, -0.1) is 0 Å². The van der Waals surface area contributed by atoms with Gasteiger partial charge in [-0.2, -0.15) is 0 Å². The summed E-state index contributed by atoms with van der Waals surface area (Å²) >= 11 is 0. The Hall–Kier alpha value is -0.570. The summed E-state index contributed by atoms with van der Waals surface area (Å²) in [6.07, 6.45) is 8.41. The van der Waals surface area contributed by atoms with E-state index in [1.165, 1.54) is 38.5 Å². The molecule has 1 amide bonds. The summed E-state index contributed by atoms with van der Waals surface area (Å²) in [5.41, 5.74) is 0. The van der Waals surface area contributed by atoms with Gasteiger partial charge in [-0.25, -0.2) is 0 Å². The van der Waals surface area contributed by atoms with Gasteiger partial charge in [0.15, 0.2) is 0 Å². The standard InChI is InChI=1S/C14H27NO2/c1-11(16)9-10-14(17)15-12(2)13-7-5-3-4-6-8-13/h11-13,16H,3-10H2,1-2H3,(H,15,17)/t11?,12-/m0/s1. The Labute approximate surface area is 105 Å². The minimum Gasteiger partial charge on any atom is -0.393 e. The molecule has 2 atom stereocenters. The number of aliphatic hydroxyl groups excluding tert-OH is 1. The third-order valence-electron chi connectivity index (χ3n) is 3.78. The molecule has 3 nitrogen and oxygen atoms in total. The van der Waals surface area contributed by atoms with E-state index in [9.17, 15) is 4.79 Å². The average molecular weight is 241 g/mol. The Bertz CT molecular complexity index is 220. The highest BCUT2D eigenvalue weighted by Crippen LogP contribution is 2.25. The zero-order valence-electron chi connectivity index (χ0n) is 11.2. The van der Waals surface area contributed by atoms with Crippen LogP contribution >= 0.6 is 0 Å². The highest BCUT2D eigenvalue weighted by molar-refractivity contribution is 5.76. The normalized spacial score (nSPS) is 21.6. The van der Waals surface area contributed by atoms with Crippen LogP contribution in [0.2, 0.25) is 0 Å². The molecule has 0 saturated heterocycles. The van der Waals surface area contributed by atoms with Crippen LogP contribution in [0.5, 0.6) is 0 Å². The Kier molecular flexibility index (Phi) is 6.56. The number of nitrogens with one attached hydrogen (secondary N) is 1. The quantitative estimate of drug-likeness (QED) is 0.727. The van der Waals surface area contributed by atoms with Crippen molar-refractivity contribution in [2.45, 2.75) is 77.4 Å². The molecule has 0 aliphatic heterocycles. The number of aliphatic hydroxyl groups is 1. The zero-order chi connectivity index (χ0) is 12.7. The summed E-state index contributed by atoms with van der Waals surface area (Å²) < 4.78 is 0. The maximum Gasteiger partial charge on any atom is 0.220 e. The first kappa shape index (κ1) is 14.5. The van der Waals surface area contributed by atoms with Gasteiger partial charge in [0.1, 0.15) is 0 Å². The Morgan fingerprint density at radius 3 is 2.35 bits per heavy atom. The van der Waals surface area contributed by atoms with Gasteiger partial charge in [-0.05, 0) is 39.0 Å². The molecule has 1 unspecified atom stereocenters. The largest absolute Gasteiger partial charge is 0.393 e. The Balaban J connectivity index is 2.26. The number of carbonyl (C=O) groups is 1. The summed E-state index contributed by atoms with van der Waals surface area (Å²) in [6, 6.07) is 0.287. The second-order valence-corrected chi connectivity index (χ2v) is 5.50. The molecule has 1 fully saturated rings. The molecule has 1 rings (SSSR count). The van der Waals surface area contributed by atoms with Crippen molar-refractivity contribution in [1.82, 2.24) is 5.32 Å². The van der Waals surface area contributed by atoms with Gasteiger partial charge < -0.3 is 10.4 Å². The summed E-state index contributed by atoms with van der Waals surface area (Å²) in [7, 11) is 0. The van der Waals surface area contributed by atoms with Crippen molar-refractivity contribution in [3.8, 4) is 0 Å². The fourth-order valence-corrected chi connectivity index (χ4v) is 2.59. The number of rotatable bonds is 5. The molecule has 17 heavy (non-hydrogen) atoms. The van der Waals surface area contributed by atoms with Crippen LogP contribution in [-0.4, -0.2) is 23.2 Å². The van der Waals surface area contributed by atoms with E-state index in [0.29, 0.717) is 18.8 Å². The molecule has 2 N–H and O–H groups in total. The van der Waals surface area contributed by atoms with Gasteiger partial charge in [0.25, 0.3) is 0 Å². The fourth-order valence-electron chi connectivity index (χ4n) is 2.59. The molecule has 0 aromatic rings. The van der Waals surface area contributed by atoms with E-state index in [1.54, 1.807) is 6.92 Å². The van der Waals surface area contributed by atoms with E-state index in [2.05, 4.69) is 12.2 Å². The lowest BCUT2D eigenvalue weighted by atomic mass is 9.93. The van der Waals surface area contributed by atoms with Gasteiger partial charge in [0.05, 0.1) is 6.10 Å². The van der Waals surface area contributed by atoms with Crippen molar-refractivity contribution in [2.75, 3.05) is 0 Å². The van der Waals surface area contributed by atoms with E-state index in [-0.39, 0.29) is 18.1 Å². The zero-order valence-corrected chi connectivity index (χ0v) is 11.2. The van der Waals surface area contributed by atoms with Crippen molar-refractivity contribution in [3.05, 3.63) is 0 Å². The van der Waals surface area contributed by atoms with Gasteiger partial charge in [-0.1, -0.05) is 25.7 Å². The highest BCUT2D eigenvalue weighted by atomic mass is 16.3. The van der Waals surface area contributed by atoms with E-state index in [4.69, 9.17) is 5.11 Å². The van der Waals surface area contributed by atoms with E-state index in [1.807, 2.05) is 0 Å². The van der Waals surface area contributed by atoms with Crippen LogP contribution in [0.3, 0.4) is 0 Å². The van der Waals surface area contributed by atoms with Crippen molar-refractivity contribution in [3.63, 3.8) is 0 Å². The van der Waals surface area contributed by atoms with Crippen LogP contribution in [-0.2, 0) is 4.79 Å². The van der Waals surface area contributed by atoms with Gasteiger partial charge >= 0.3 is 0 Å². The molecule has 0 spiro atoms. The third kappa shape index (κ3) is 6.06. The summed E-state index contributed by atoms with van der Waals surface area (Å²) in [6.45, 7) is 3.85. The molecule has 0 bridgehead atoms. The first-order valence-electron chi connectivity index (χ1n) is 7.07. The smallest absolute Gasteiger partial charge is 0.220 e. The number of carbonyl (C=O) groups excluding carboxylic acids is 1. The molecule has 1 aliphatic rings. The van der Waals surface area contributed by atoms with Crippen molar-refractivity contribution in [1.29, 1.82) is 0 Å². The maximum atomic E-state index is 11.7. The first-order chi connectivity index (χ1) is 8.09. The summed E-state index contributed by atoms with van der Waals surface area (Å²) in [5.74, 6) is 0.732. The molecule has 100 valence electrons. The van der Waals surface area contributed by atoms with Crippen LogP contribution in [0, 0.1) is 5.92 Å². The minimum absolute atomic E-state index is 0.0858. The van der Waals surface area contributed by atoms with Crippen LogP contribution < -0.4 is 5.32 Å².